The normalized spacial score (nSPS) is 12.5. The number of hydrogen-bond donors (Lipinski definition) is 1. The molecule has 18 heavy (non-hydrogen) atoms. The van der Waals surface area contributed by atoms with E-state index in [1.807, 2.05) is 13.8 Å². The van der Waals surface area contributed by atoms with Crippen molar-refractivity contribution in [3.63, 3.8) is 0 Å². The quantitative estimate of drug-likeness (QED) is 0.918. The molecule has 1 aromatic heterocycles. The van der Waals surface area contributed by atoms with Crippen LogP contribution in [-0.4, -0.2) is 10.1 Å². The zero-order chi connectivity index (χ0) is 13.3. The molecule has 0 aliphatic heterocycles. The molecule has 0 amide bonds. The van der Waals surface area contributed by atoms with Gasteiger partial charge >= 0.3 is 0 Å². The highest BCUT2D eigenvalue weighted by Gasteiger charge is 2.16. The number of aliphatic hydroxyl groups is 1. The standard InChI is InChI=1S/C14H13BrFNO/c1-8-5-10(6-9(2)17-8)14(18)12-7-11(15)3-4-13(12)16/h3-7,14,18H,1-2H3. The van der Waals surface area contributed by atoms with Gasteiger partial charge in [0.25, 0.3) is 0 Å². The zero-order valence-electron chi connectivity index (χ0n) is 10.1. The second-order valence-electron chi connectivity index (χ2n) is 4.25. The molecule has 0 aliphatic carbocycles. The fourth-order valence-corrected chi connectivity index (χ4v) is 2.31. The third-order valence-corrected chi connectivity index (χ3v) is 3.17. The van der Waals surface area contributed by atoms with Gasteiger partial charge in [-0.25, -0.2) is 4.39 Å². The monoisotopic (exact) mass is 309 g/mol. The smallest absolute Gasteiger partial charge is 0.129 e. The van der Waals surface area contributed by atoms with Crippen LogP contribution < -0.4 is 0 Å². The highest BCUT2D eigenvalue weighted by Crippen LogP contribution is 2.27. The number of hydrogen-bond acceptors (Lipinski definition) is 2. The highest BCUT2D eigenvalue weighted by molar-refractivity contribution is 9.10. The van der Waals surface area contributed by atoms with Crippen molar-refractivity contribution in [2.75, 3.05) is 0 Å². The van der Waals surface area contributed by atoms with Gasteiger partial charge < -0.3 is 5.11 Å². The highest BCUT2D eigenvalue weighted by atomic mass is 79.9. The van der Waals surface area contributed by atoms with Crippen LogP contribution in [0.25, 0.3) is 0 Å². The van der Waals surface area contributed by atoms with Gasteiger partial charge in [0.2, 0.25) is 0 Å². The number of rotatable bonds is 2. The molecule has 2 rings (SSSR count). The van der Waals surface area contributed by atoms with Crippen LogP contribution >= 0.6 is 15.9 Å². The van der Waals surface area contributed by atoms with Gasteiger partial charge in [-0.15, -0.1) is 0 Å². The fraction of sp³-hybridized carbons (Fsp3) is 0.214. The molecule has 1 unspecified atom stereocenters. The minimum absolute atomic E-state index is 0.259. The Bertz CT molecular complexity index is 566. The van der Waals surface area contributed by atoms with Crippen LogP contribution in [0, 0.1) is 19.7 Å². The lowest BCUT2D eigenvalue weighted by Gasteiger charge is -2.14. The van der Waals surface area contributed by atoms with Gasteiger partial charge in [0.1, 0.15) is 11.9 Å². The summed E-state index contributed by atoms with van der Waals surface area (Å²) in [6.07, 6.45) is -0.983. The Labute approximate surface area is 114 Å². The predicted octanol–water partition coefficient (Wildman–Crippen LogP) is 3.68. The lowest BCUT2D eigenvalue weighted by Crippen LogP contribution is -2.04. The Morgan fingerprint density at radius 1 is 1.17 bits per heavy atom. The van der Waals surface area contributed by atoms with Crippen LogP contribution in [0.15, 0.2) is 34.8 Å². The van der Waals surface area contributed by atoms with Crippen molar-refractivity contribution in [3.8, 4) is 0 Å². The fourth-order valence-electron chi connectivity index (χ4n) is 1.93. The maximum absolute atomic E-state index is 13.7. The Balaban J connectivity index is 2.47. The molecule has 1 N–H and O–H groups in total. The van der Waals surface area contributed by atoms with Crippen molar-refractivity contribution >= 4 is 15.9 Å². The van der Waals surface area contributed by atoms with E-state index in [0.717, 1.165) is 15.9 Å². The van der Waals surface area contributed by atoms with Crippen LogP contribution in [0.2, 0.25) is 0 Å². The Kier molecular flexibility index (Phi) is 3.78. The molecule has 1 heterocycles. The first-order chi connectivity index (χ1) is 8.47. The molecular formula is C14H13BrFNO. The van der Waals surface area contributed by atoms with Gasteiger partial charge in [-0.3, -0.25) is 4.98 Å². The van der Waals surface area contributed by atoms with E-state index in [9.17, 15) is 9.50 Å². The first kappa shape index (κ1) is 13.2. The van der Waals surface area contributed by atoms with E-state index in [1.54, 1.807) is 24.3 Å². The molecule has 0 saturated heterocycles. The molecule has 4 heteroatoms. The largest absolute Gasteiger partial charge is 0.384 e. The number of halogens is 2. The van der Waals surface area contributed by atoms with Crippen molar-refractivity contribution in [1.29, 1.82) is 0 Å². The second-order valence-corrected chi connectivity index (χ2v) is 5.17. The Hall–Kier alpha value is -1.26. The molecule has 0 saturated carbocycles. The molecule has 0 spiro atoms. The van der Waals surface area contributed by atoms with Crippen molar-refractivity contribution in [1.82, 2.24) is 4.98 Å². The van der Waals surface area contributed by atoms with E-state index < -0.39 is 11.9 Å². The first-order valence-corrected chi connectivity index (χ1v) is 6.35. The van der Waals surface area contributed by atoms with Crippen LogP contribution in [0.5, 0.6) is 0 Å². The third-order valence-electron chi connectivity index (χ3n) is 2.67. The van der Waals surface area contributed by atoms with Crippen LogP contribution in [0.1, 0.15) is 28.6 Å². The second kappa shape index (κ2) is 5.16. The van der Waals surface area contributed by atoms with Crippen molar-refractivity contribution in [2.24, 2.45) is 0 Å². The van der Waals surface area contributed by atoms with Crippen molar-refractivity contribution in [2.45, 2.75) is 20.0 Å². The van der Waals surface area contributed by atoms with Crippen LogP contribution in [0.3, 0.4) is 0 Å². The van der Waals surface area contributed by atoms with Crippen molar-refractivity contribution < 1.29 is 9.50 Å². The third kappa shape index (κ3) is 2.76. The van der Waals surface area contributed by atoms with Gasteiger partial charge in [-0.05, 0) is 49.7 Å². The topological polar surface area (TPSA) is 33.1 Å². The van der Waals surface area contributed by atoms with Gasteiger partial charge in [-0.2, -0.15) is 0 Å². The summed E-state index contributed by atoms with van der Waals surface area (Å²) < 4.78 is 14.4. The Morgan fingerprint density at radius 2 is 1.78 bits per heavy atom. The SMILES string of the molecule is Cc1cc(C(O)c2cc(Br)ccc2F)cc(C)n1. The summed E-state index contributed by atoms with van der Waals surface area (Å²) in [5, 5.41) is 10.3. The molecule has 2 aromatic rings. The van der Waals surface area contributed by atoms with Gasteiger partial charge in [0.05, 0.1) is 0 Å². The van der Waals surface area contributed by atoms with Gasteiger partial charge in [-0.1, -0.05) is 15.9 Å². The molecule has 0 aliphatic rings. The number of benzene rings is 1. The maximum atomic E-state index is 13.7. The summed E-state index contributed by atoms with van der Waals surface area (Å²) in [4.78, 5) is 4.24. The maximum Gasteiger partial charge on any atom is 0.129 e. The summed E-state index contributed by atoms with van der Waals surface area (Å²) in [5.41, 5.74) is 2.52. The average molecular weight is 310 g/mol. The van der Waals surface area contributed by atoms with Crippen LogP contribution in [-0.2, 0) is 0 Å². The van der Waals surface area contributed by atoms with E-state index in [2.05, 4.69) is 20.9 Å². The number of aryl methyl sites for hydroxylation is 2. The summed E-state index contributed by atoms with van der Waals surface area (Å²) in [7, 11) is 0. The van der Waals surface area contributed by atoms with E-state index >= 15 is 0 Å². The number of aromatic nitrogens is 1. The minimum Gasteiger partial charge on any atom is -0.384 e. The van der Waals surface area contributed by atoms with Crippen molar-refractivity contribution in [3.05, 3.63) is 63.1 Å². The number of aliphatic hydroxyl groups excluding tert-OH is 1. The summed E-state index contributed by atoms with van der Waals surface area (Å²) in [5.74, 6) is -0.419. The first-order valence-electron chi connectivity index (χ1n) is 5.55. The summed E-state index contributed by atoms with van der Waals surface area (Å²) >= 11 is 3.28. The minimum atomic E-state index is -0.983. The molecule has 94 valence electrons. The summed E-state index contributed by atoms with van der Waals surface area (Å²) in [6.45, 7) is 3.70. The molecular weight excluding hydrogens is 297 g/mol. The van der Waals surface area contributed by atoms with Gasteiger partial charge in [0, 0.05) is 21.4 Å². The molecule has 0 bridgehead atoms. The van der Waals surface area contributed by atoms with E-state index in [-0.39, 0.29) is 5.56 Å². The molecule has 0 radical (unpaired) electrons. The lowest BCUT2D eigenvalue weighted by atomic mass is 10.0. The molecule has 0 fully saturated rings. The van der Waals surface area contributed by atoms with E-state index in [4.69, 9.17) is 0 Å². The van der Waals surface area contributed by atoms with Gasteiger partial charge in [0.15, 0.2) is 0 Å². The zero-order valence-corrected chi connectivity index (χ0v) is 11.7. The average Bonchev–Trinajstić information content (AvgIpc) is 2.30. The number of pyridine rings is 1. The van der Waals surface area contributed by atoms with Crippen LogP contribution in [0.4, 0.5) is 4.39 Å². The van der Waals surface area contributed by atoms with E-state index in [1.165, 1.54) is 6.07 Å². The molecule has 1 aromatic carbocycles. The number of nitrogens with zero attached hydrogens (tertiary/aromatic N) is 1. The lowest BCUT2D eigenvalue weighted by molar-refractivity contribution is 0.214. The molecule has 2 nitrogen and oxygen atoms in total. The molecule has 1 atom stereocenters. The predicted molar refractivity (Wildman–Crippen MR) is 71.9 cm³/mol. The van der Waals surface area contributed by atoms with E-state index in [0.29, 0.717) is 5.56 Å². The summed E-state index contributed by atoms with van der Waals surface area (Å²) in [6, 6.07) is 8.05. The Morgan fingerprint density at radius 3 is 2.39 bits per heavy atom.